The number of ether oxygens (including phenoxy) is 1. The summed E-state index contributed by atoms with van der Waals surface area (Å²) in [5.41, 5.74) is 0.160. The molecule has 0 spiro atoms. The number of pyridine rings is 2. The molecule has 2 amide bonds. The molecule has 12 heteroatoms. The highest BCUT2D eigenvalue weighted by molar-refractivity contribution is 6.07. The molecule has 0 aliphatic rings. The Balaban J connectivity index is 1.63. The number of aromatic nitrogens is 2. The second-order valence-corrected chi connectivity index (χ2v) is 8.61. The summed E-state index contributed by atoms with van der Waals surface area (Å²) < 4.78 is 58.6. The summed E-state index contributed by atoms with van der Waals surface area (Å²) in [5, 5.41) is 8.18. The number of anilines is 3. The lowest BCUT2D eigenvalue weighted by molar-refractivity contribution is -0.137. The maximum absolute atomic E-state index is 13.9. The van der Waals surface area contributed by atoms with Gasteiger partial charge >= 0.3 is 6.18 Å². The quantitative estimate of drug-likeness (QED) is 0.236. The van der Waals surface area contributed by atoms with Gasteiger partial charge in [0.05, 0.1) is 36.2 Å². The highest BCUT2D eigenvalue weighted by Gasteiger charge is 2.32. The van der Waals surface area contributed by atoms with Gasteiger partial charge in [0, 0.05) is 29.7 Å². The Hall–Kier alpha value is -5.00. The van der Waals surface area contributed by atoms with Crippen LogP contribution in [0.15, 0.2) is 73.1 Å². The highest BCUT2D eigenvalue weighted by Crippen LogP contribution is 2.31. The smallest absolute Gasteiger partial charge is 0.416 e. The number of nitrogens with one attached hydrogen (secondary N) is 3. The minimum atomic E-state index is -4.86. The van der Waals surface area contributed by atoms with E-state index < -0.39 is 34.9 Å². The van der Waals surface area contributed by atoms with E-state index in [-0.39, 0.29) is 23.6 Å². The molecular formula is C28H23F4N5O3. The fourth-order valence-electron chi connectivity index (χ4n) is 3.66. The van der Waals surface area contributed by atoms with Crippen molar-refractivity contribution in [1.82, 2.24) is 15.3 Å². The Kier molecular flexibility index (Phi) is 8.27. The number of rotatable bonds is 8. The molecular weight excluding hydrogens is 530 g/mol. The lowest BCUT2D eigenvalue weighted by atomic mass is 10.1. The van der Waals surface area contributed by atoms with Gasteiger partial charge in [-0.25, -0.2) is 9.37 Å². The molecule has 2 aromatic carbocycles. The van der Waals surface area contributed by atoms with Gasteiger partial charge in [0.15, 0.2) is 5.82 Å². The predicted octanol–water partition coefficient (Wildman–Crippen LogP) is 5.88. The van der Waals surface area contributed by atoms with E-state index in [0.717, 1.165) is 5.56 Å². The number of methoxy groups -OCH3 is 1. The summed E-state index contributed by atoms with van der Waals surface area (Å²) in [6.45, 7) is 1.89. The van der Waals surface area contributed by atoms with Crippen molar-refractivity contribution in [1.29, 1.82) is 0 Å². The minimum absolute atomic E-state index is 0.0155. The Bertz CT molecular complexity index is 1560. The van der Waals surface area contributed by atoms with Gasteiger partial charge in [-0.15, -0.1) is 0 Å². The zero-order valence-electron chi connectivity index (χ0n) is 21.3. The number of nitrogens with zero attached hydrogens (tertiary/aromatic N) is 2. The molecule has 40 heavy (non-hydrogen) atoms. The van der Waals surface area contributed by atoms with Crippen molar-refractivity contribution in [3.63, 3.8) is 0 Å². The van der Waals surface area contributed by atoms with Crippen molar-refractivity contribution in [3.8, 4) is 5.75 Å². The normalized spacial score (nSPS) is 11.1. The molecule has 0 fully saturated rings. The molecule has 0 bridgehead atoms. The van der Waals surface area contributed by atoms with Crippen molar-refractivity contribution in [3.05, 3.63) is 107 Å². The van der Waals surface area contributed by atoms with E-state index in [1.54, 1.807) is 24.3 Å². The average Bonchev–Trinajstić information content (AvgIpc) is 2.93. The van der Waals surface area contributed by atoms with Crippen molar-refractivity contribution in [2.24, 2.45) is 0 Å². The van der Waals surface area contributed by atoms with Gasteiger partial charge in [-0.2, -0.15) is 13.2 Å². The van der Waals surface area contributed by atoms with Crippen LogP contribution >= 0.6 is 0 Å². The maximum atomic E-state index is 13.9. The first-order chi connectivity index (χ1) is 19.0. The number of alkyl halides is 3. The number of para-hydroxylation sites is 1. The molecule has 4 aromatic rings. The second kappa shape index (κ2) is 11.8. The van der Waals surface area contributed by atoms with E-state index in [0.29, 0.717) is 35.3 Å². The fourth-order valence-corrected chi connectivity index (χ4v) is 3.66. The van der Waals surface area contributed by atoms with E-state index in [4.69, 9.17) is 4.74 Å². The summed E-state index contributed by atoms with van der Waals surface area (Å²) in [7, 11) is 1.50. The second-order valence-electron chi connectivity index (χ2n) is 8.61. The van der Waals surface area contributed by atoms with Crippen LogP contribution in [-0.4, -0.2) is 28.9 Å². The number of benzene rings is 2. The van der Waals surface area contributed by atoms with E-state index in [9.17, 15) is 27.2 Å². The molecule has 4 rings (SSSR count). The first-order valence-electron chi connectivity index (χ1n) is 11.8. The Morgan fingerprint density at radius 2 is 1.70 bits per heavy atom. The van der Waals surface area contributed by atoms with Crippen molar-refractivity contribution >= 4 is 29.0 Å². The zero-order chi connectivity index (χ0) is 28.9. The number of halogens is 4. The molecule has 2 aromatic heterocycles. The van der Waals surface area contributed by atoms with Gasteiger partial charge in [-0.1, -0.05) is 18.2 Å². The predicted molar refractivity (Wildman–Crippen MR) is 140 cm³/mol. The maximum Gasteiger partial charge on any atom is 0.416 e. The van der Waals surface area contributed by atoms with Crippen molar-refractivity contribution in [2.75, 3.05) is 17.7 Å². The number of aryl methyl sites for hydroxylation is 1. The lowest BCUT2D eigenvalue weighted by Gasteiger charge is -2.16. The van der Waals surface area contributed by atoms with E-state index in [2.05, 4.69) is 25.9 Å². The summed E-state index contributed by atoms with van der Waals surface area (Å²) in [5.74, 6) is -2.14. The van der Waals surface area contributed by atoms with Crippen LogP contribution in [0.5, 0.6) is 5.75 Å². The van der Waals surface area contributed by atoms with Gasteiger partial charge in [-0.05, 0) is 48.9 Å². The van der Waals surface area contributed by atoms with Gasteiger partial charge in [-0.3, -0.25) is 14.6 Å². The molecule has 0 saturated carbocycles. The number of hydrogen-bond acceptors (Lipinski definition) is 6. The molecule has 0 saturated heterocycles. The summed E-state index contributed by atoms with van der Waals surface area (Å²) in [6.07, 6.45) is -2.06. The molecule has 0 radical (unpaired) electrons. The zero-order valence-corrected chi connectivity index (χ0v) is 21.3. The molecule has 8 nitrogen and oxygen atoms in total. The van der Waals surface area contributed by atoms with Crippen LogP contribution < -0.4 is 20.7 Å². The summed E-state index contributed by atoms with van der Waals surface area (Å²) in [6, 6.07) is 13.3. The van der Waals surface area contributed by atoms with Crippen molar-refractivity contribution in [2.45, 2.75) is 19.6 Å². The molecule has 0 unspecified atom stereocenters. The molecule has 3 N–H and O–H groups in total. The van der Waals surface area contributed by atoms with Crippen LogP contribution in [0.1, 0.15) is 37.5 Å². The third-order valence-corrected chi connectivity index (χ3v) is 5.74. The number of carbonyl (C=O) groups is 2. The largest absolute Gasteiger partial charge is 0.497 e. The topological polar surface area (TPSA) is 105 Å². The number of amides is 2. The third kappa shape index (κ3) is 6.90. The molecule has 206 valence electrons. The van der Waals surface area contributed by atoms with Gasteiger partial charge in [0.2, 0.25) is 0 Å². The van der Waals surface area contributed by atoms with E-state index in [1.165, 1.54) is 25.6 Å². The first kappa shape index (κ1) is 28.0. The van der Waals surface area contributed by atoms with Gasteiger partial charge < -0.3 is 20.7 Å². The van der Waals surface area contributed by atoms with Crippen LogP contribution in [0.2, 0.25) is 0 Å². The SMILES string of the molecule is COc1ccnc(CNC(=O)c2cnc(Nc3ccccc3C)c(NC(=O)c3cc(F)cc(C(F)(F)F)c3)c2)c1. The molecule has 0 aliphatic carbocycles. The minimum Gasteiger partial charge on any atom is -0.497 e. The van der Waals surface area contributed by atoms with Crippen molar-refractivity contribution < 1.29 is 31.9 Å². The van der Waals surface area contributed by atoms with Crippen LogP contribution in [0.4, 0.5) is 34.8 Å². The van der Waals surface area contributed by atoms with Crippen LogP contribution in [0.25, 0.3) is 0 Å². The first-order valence-corrected chi connectivity index (χ1v) is 11.8. The lowest BCUT2D eigenvalue weighted by Crippen LogP contribution is -2.24. The molecule has 0 aliphatic heterocycles. The summed E-state index contributed by atoms with van der Waals surface area (Å²) >= 11 is 0. The Morgan fingerprint density at radius 1 is 0.925 bits per heavy atom. The molecule has 2 heterocycles. The van der Waals surface area contributed by atoms with Crippen LogP contribution in [0, 0.1) is 12.7 Å². The van der Waals surface area contributed by atoms with E-state index in [1.807, 2.05) is 19.1 Å². The van der Waals surface area contributed by atoms with Crippen LogP contribution in [0.3, 0.4) is 0 Å². The van der Waals surface area contributed by atoms with Crippen LogP contribution in [-0.2, 0) is 12.7 Å². The van der Waals surface area contributed by atoms with Gasteiger partial charge in [0.25, 0.3) is 11.8 Å². The average molecular weight is 554 g/mol. The number of carbonyl (C=O) groups excluding carboxylic acids is 2. The molecule has 0 atom stereocenters. The fraction of sp³-hybridized carbons (Fsp3) is 0.143. The Labute approximate surface area is 226 Å². The van der Waals surface area contributed by atoms with Gasteiger partial charge in [0.1, 0.15) is 11.6 Å². The number of hydrogen-bond donors (Lipinski definition) is 3. The monoisotopic (exact) mass is 553 g/mol. The standard InChI is InChI=1S/C28H23F4N5O3/c1-16-5-3-4-6-23(16)36-25-24(37-27(39)17-9-19(28(30,31)32)12-20(29)10-17)11-18(14-34-25)26(38)35-15-21-13-22(40-2)7-8-33-21/h3-14H,15H2,1-2H3,(H,34,36)(H,35,38)(H,37,39). The third-order valence-electron chi connectivity index (χ3n) is 5.74. The van der Waals surface area contributed by atoms with E-state index >= 15 is 0 Å². The highest BCUT2D eigenvalue weighted by atomic mass is 19.4. The Morgan fingerprint density at radius 3 is 2.42 bits per heavy atom. The summed E-state index contributed by atoms with van der Waals surface area (Å²) in [4.78, 5) is 34.3.